The van der Waals surface area contributed by atoms with Crippen molar-refractivity contribution in [2.45, 2.75) is 0 Å². The second kappa shape index (κ2) is 5.86. The monoisotopic (exact) mass is 316 g/mol. The first-order valence-corrected chi connectivity index (χ1v) is 6.72. The van der Waals surface area contributed by atoms with Gasteiger partial charge in [0.25, 0.3) is 0 Å². The van der Waals surface area contributed by atoms with Crippen LogP contribution in [0.3, 0.4) is 0 Å². The molecule has 0 aliphatic carbocycles. The number of H-pyrrole nitrogens is 1. The summed E-state index contributed by atoms with van der Waals surface area (Å²) in [5.74, 6) is 1.45. The summed E-state index contributed by atoms with van der Waals surface area (Å²) in [6.07, 6.45) is 3.13. The third kappa shape index (κ3) is 2.63. The smallest absolute Gasteiger partial charge is 0.219 e. The van der Waals surface area contributed by atoms with E-state index in [2.05, 4.69) is 15.3 Å². The molecule has 0 atom stereocenters. The van der Waals surface area contributed by atoms with Crippen molar-refractivity contribution in [2.75, 3.05) is 7.11 Å². The molecule has 22 heavy (non-hydrogen) atoms. The Kier molecular flexibility index (Phi) is 3.75. The van der Waals surface area contributed by atoms with Gasteiger partial charge in [0, 0.05) is 0 Å². The van der Waals surface area contributed by atoms with Gasteiger partial charge in [-0.1, -0.05) is 0 Å². The van der Waals surface area contributed by atoms with E-state index in [1.165, 1.54) is 17.9 Å². The Morgan fingerprint density at radius 3 is 3.05 bits per heavy atom. The van der Waals surface area contributed by atoms with E-state index in [1.807, 2.05) is 0 Å². The number of hydrogen-bond acceptors (Lipinski definition) is 6. The van der Waals surface area contributed by atoms with E-state index in [1.54, 1.807) is 36.7 Å². The minimum absolute atomic E-state index is 0.0656. The SMILES string of the molecule is COc1cc(/C=N\n2c(-c3ccco3)n[nH]c2=S)ccc1O. The molecule has 3 aromatic rings. The highest BCUT2D eigenvalue weighted by Gasteiger charge is 2.10. The highest BCUT2D eigenvalue weighted by Crippen LogP contribution is 2.25. The van der Waals surface area contributed by atoms with E-state index < -0.39 is 0 Å². The second-order valence-electron chi connectivity index (χ2n) is 4.32. The van der Waals surface area contributed by atoms with Gasteiger partial charge in [-0.25, -0.2) is 5.10 Å². The van der Waals surface area contributed by atoms with Gasteiger partial charge < -0.3 is 14.3 Å². The summed E-state index contributed by atoms with van der Waals surface area (Å²) >= 11 is 5.16. The van der Waals surface area contributed by atoms with E-state index in [-0.39, 0.29) is 5.75 Å². The fraction of sp³-hybridized carbons (Fsp3) is 0.0714. The largest absolute Gasteiger partial charge is 0.504 e. The lowest BCUT2D eigenvalue weighted by Gasteiger charge is -2.03. The molecule has 0 bridgehead atoms. The van der Waals surface area contributed by atoms with Crippen LogP contribution in [-0.2, 0) is 0 Å². The Morgan fingerprint density at radius 2 is 2.32 bits per heavy atom. The molecule has 0 unspecified atom stereocenters. The molecule has 0 saturated carbocycles. The molecular weight excluding hydrogens is 304 g/mol. The normalized spacial score (nSPS) is 11.1. The quantitative estimate of drug-likeness (QED) is 0.571. The van der Waals surface area contributed by atoms with Crippen LogP contribution in [0.1, 0.15) is 5.56 Å². The van der Waals surface area contributed by atoms with Gasteiger partial charge in [0.2, 0.25) is 10.6 Å². The Hall–Kier alpha value is -2.87. The molecule has 0 fully saturated rings. The van der Waals surface area contributed by atoms with Crippen molar-refractivity contribution in [3.8, 4) is 23.1 Å². The number of nitrogens with zero attached hydrogens (tertiary/aromatic N) is 3. The highest BCUT2D eigenvalue weighted by atomic mass is 32.1. The number of furan rings is 1. The lowest BCUT2D eigenvalue weighted by atomic mass is 10.2. The average molecular weight is 316 g/mol. The molecule has 0 amide bonds. The summed E-state index contributed by atoms with van der Waals surface area (Å²) in [6, 6.07) is 8.42. The Morgan fingerprint density at radius 1 is 1.45 bits per heavy atom. The molecule has 0 radical (unpaired) electrons. The van der Waals surface area contributed by atoms with Crippen LogP contribution in [0.2, 0.25) is 0 Å². The molecule has 7 nitrogen and oxygen atoms in total. The summed E-state index contributed by atoms with van der Waals surface area (Å²) in [5, 5.41) is 20.6. The van der Waals surface area contributed by atoms with Crippen LogP contribution >= 0.6 is 12.2 Å². The Bertz CT molecular complexity index is 865. The molecule has 0 saturated heterocycles. The standard InChI is InChI=1S/C14H12N4O3S/c1-20-12-7-9(4-5-10(12)19)8-15-18-13(16-17-14(18)22)11-3-2-6-21-11/h2-8,19H,1H3,(H,17,22)/b15-8-. The minimum Gasteiger partial charge on any atom is -0.504 e. The van der Waals surface area contributed by atoms with Crippen LogP contribution in [0.15, 0.2) is 46.1 Å². The number of ether oxygens (including phenoxy) is 1. The zero-order valence-corrected chi connectivity index (χ0v) is 12.4. The van der Waals surface area contributed by atoms with E-state index in [0.29, 0.717) is 22.1 Å². The third-order valence-corrected chi connectivity index (χ3v) is 3.18. The number of methoxy groups -OCH3 is 1. The number of benzene rings is 1. The molecule has 0 spiro atoms. The van der Waals surface area contributed by atoms with Crippen molar-refractivity contribution < 1.29 is 14.3 Å². The maximum atomic E-state index is 9.58. The Labute approximate surface area is 130 Å². The van der Waals surface area contributed by atoms with Gasteiger partial charge in [-0.2, -0.15) is 9.78 Å². The van der Waals surface area contributed by atoms with Crippen molar-refractivity contribution in [2.24, 2.45) is 5.10 Å². The van der Waals surface area contributed by atoms with E-state index >= 15 is 0 Å². The number of nitrogens with one attached hydrogen (secondary N) is 1. The third-order valence-electron chi connectivity index (χ3n) is 2.92. The summed E-state index contributed by atoms with van der Waals surface area (Å²) < 4.78 is 12.2. The molecule has 1 aromatic carbocycles. The molecule has 0 aliphatic rings. The molecule has 2 heterocycles. The van der Waals surface area contributed by atoms with Gasteiger partial charge in [0.15, 0.2) is 17.3 Å². The number of aromatic amines is 1. The van der Waals surface area contributed by atoms with Crippen LogP contribution in [-0.4, -0.2) is 33.3 Å². The van der Waals surface area contributed by atoms with Gasteiger partial charge in [0.1, 0.15) is 0 Å². The fourth-order valence-corrected chi connectivity index (χ4v) is 2.04. The first kappa shape index (κ1) is 14.1. The molecule has 2 aromatic heterocycles. The van der Waals surface area contributed by atoms with Crippen molar-refractivity contribution in [1.82, 2.24) is 14.9 Å². The van der Waals surface area contributed by atoms with Crippen molar-refractivity contribution >= 4 is 18.4 Å². The summed E-state index contributed by atoms with van der Waals surface area (Å²) in [7, 11) is 1.48. The molecule has 3 rings (SSSR count). The maximum absolute atomic E-state index is 9.58. The van der Waals surface area contributed by atoms with E-state index in [9.17, 15) is 5.11 Å². The number of aromatic nitrogens is 3. The van der Waals surface area contributed by atoms with Crippen LogP contribution in [0.25, 0.3) is 11.6 Å². The van der Waals surface area contributed by atoms with Crippen LogP contribution < -0.4 is 4.74 Å². The summed E-state index contributed by atoms with van der Waals surface area (Å²) in [5.41, 5.74) is 0.739. The first-order chi connectivity index (χ1) is 10.7. The zero-order valence-electron chi connectivity index (χ0n) is 11.6. The van der Waals surface area contributed by atoms with Crippen molar-refractivity contribution in [1.29, 1.82) is 0 Å². The molecule has 2 N–H and O–H groups in total. The second-order valence-corrected chi connectivity index (χ2v) is 4.70. The van der Waals surface area contributed by atoms with Crippen LogP contribution in [0, 0.1) is 4.77 Å². The summed E-state index contributed by atoms with van der Waals surface area (Å²) in [4.78, 5) is 0. The van der Waals surface area contributed by atoms with Crippen molar-refractivity contribution in [3.05, 3.63) is 46.9 Å². The van der Waals surface area contributed by atoms with Crippen LogP contribution in [0.4, 0.5) is 0 Å². The van der Waals surface area contributed by atoms with E-state index in [4.69, 9.17) is 21.4 Å². The maximum Gasteiger partial charge on any atom is 0.219 e. The van der Waals surface area contributed by atoms with Crippen LogP contribution in [0.5, 0.6) is 11.5 Å². The van der Waals surface area contributed by atoms with Gasteiger partial charge in [-0.3, -0.25) is 0 Å². The molecular formula is C14H12N4O3S. The number of hydrogen-bond donors (Lipinski definition) is 2. The van der Waals surface area contributed by atoms with Crippen molar-refractivity contribution in [3.63, 3.8) is 0 Å². The topological polar surface area (TPSA) is 88.6 Å². The first-order valence-electron chi connectivity index (χ1n) is 6.31. The highest BCUT2D eigenvalue weighted by molar-refractivity contribution is 7.71. The van der Waals surface area contributed by atoms with Gasteiger partial charge >= 0.3 is 0 Å². The van der Waals surface area contributed by atoms with E-state index in [0.717, 1.165) is 5.56 Å². The van der Waals surface area contributed by atoms with Gasteiger partial charge in [0.05, 0.1) is 19.6 Å². The number of phenols is 1. The van der Waals surface area contributed by atoms with Gasteiger partial charge in [-0.05, 0) is 48.1 Å². The number of phenolic OH excluding ortho intramolecular Hbond substituents is 1. The zero-order chi connectivity index (χ0) is 15.5. The lowest BCUT2D eigenvalue weighted by Crippen LogP contribution is -1.94. The predicted octanol–water partition coefficient (Wildman–Crippen LogP) is 2.80. The number of rotatable bonds is 4. The molecule has 0 aliphatic heterocycles. The van der Waals surface area contributed by atoms with Gasteiger partial charge in [-0.15, -0.1) is 5.10 Å². The predicted molar refractivity (Wildman–Crippen MR) is 82.8 cm³/mol. The number of aromatic hydroxyl groups is 1. The Balaban J connectivity index is 1.97. The summed E-state index contributed by atoms with van der Waals surface area (Å²) in [6.45, 7) is 0. The minimum atomic E-state index is 0.0656. The molecule has 112 valence electrons. The molecule has 8 heteroatoms. The average Bonchev–Trinajstić information content (AvgIpc) is 3.16. The fourth-order valence-electron chi connectivity index (χ4n) is 1.86. The lowest BCUT2D eigenvalue weighted by molar-refractivity contribution is 0.373.